The predicted molar refractivity (Wildman–Crippen MR) is 84.7 cm³/mol. The molecule has 3 atom stereocenters. The van der Waals surface area contributed by atoms with Crippen LogP contribution in [-0.4, -0.2) is 46.8 Å². The average molecular weight is 300 g/mol. The summed E-state index contributed by atoms with van der Waals surface area (Å²) in [5, 5.41) is 2.91. The van der Waals surface area contributed by atoms with Gasteiger partial charge in [-0.15, -0.1) is 0 Å². The van der Waals surface area contributed by atoms with E-state index in [2.05, 4.69) is 12.2 Å². The smallest absolute Gasteiger partial charge is 0.246 e. The van der Waals surface area contributed by atoms with E-state index in [9.17, 15) is 9.59 Å². The molecule has 0 bridgehead atoms. The molecule has 0 aromatic rings. The van der Waals surface area contributed by atoms with E-state index >= 15 is 0 Å². The Kier molecular flexibility index (Phi) is 6.37. The molecule has 1 heterocycles. The minimum absolute atomic E-state index is 0.00199. The summed E-state index contributed by atoms with van der Waals surface area (Å²) in [7, 11) is 0. The Morgan fingerprint density at radius 3 is 2.20 bits per heavy atom. The first-order valence-corrected chi connectivity index (χ1v) is 8.85. The van der Waals surface area contributed by atoms with Crippen LogP contribution in [0.5, 0.6) is 0 Å². The minimum atomic E-state index is -0.381. The van der Waals surface area contributed by atoms with Gasteiger partial charge in [-0.3, -0.25) is 9.59 Å². The van der Waals surface area contributed by atoms with Gasteiger partial charge in [0.05, 0.1) is 0 Å². The molecule has 116 valence electrons. The van der Waals surface area contributed by atoms with Crippen molar-refractivity contribution in [3.05, 3.63) is 0 Å². The molecule has 0 aromatic carbocycles. The molecule has 1 saturated heterocycles. The van der Waals surface area contributed by atoms with Crippen molar-refractivity contribution in [3.63, 3.8) is 0 Å². The zero-order valence-electron chi connectivity index (χ0n) is 13.5. The number of piperazine rings is 1. The highest BCUT2D eigenvalue weighted by Gasteiger charge is 2.45. The summed E-state index contributed by atoms with van der Waals surface area (Å²) in [4.78, 5) is 27.1. The Labute approximate surface area is 127 Å². The highest BCUT2D eigenvalue weighted by molar-refractivity contribution is 7.98. The normalized spacial score (nSPS) is 25.3. The second-order valence-corrected chi connectivity index (χ2v) is 7.09. The van der Waals surface area contributed by atoms with Crippen LogP contribution in [0.4, 0.5) is 0 Å². The van der Waals surface area contributed by atoms with Crippen molar-refractivity contribution in [1.29, 1.82) is 0 Å². The first kappa shape index (κ1) is 17.3. The van der Waals surface area contributed by atoms with E-state index in [0.717, 1.165) is 12.2 Å². The molecule has 1 aliphatic rings. The fourth-order valence-electron chi connectivity index (χ4n) is 2.79. The van der Waals surface area contributed by atoms with Gasteiger partial charge in [-0.2, -0.15) is 11.8 Å². The van der Waals surface area contributed by atoms with E-state index in [0.29, 0.717) is 0 Å². The van der Waals surface area contributed by atoms with Crippen LogP contribution in [0.1, 0.15) is 41.0 Å². The number of rotatable bonds is 6. The van der Waals surface area contributed by atoms with Gasteiger partial charge in [0.25, 0.3) is 0 Å². The van der Waals surface area contributed by atoms with Gasteiger partial charge in [-0.25, -0.2) is 0 Å². The van der Waals surface area contributed by atoms with Crippen LogP contribution >= 0.6 is 11.8 Å². The van der Waals surface area contributed by atoms with Gasteiger partial charge in [-0.1, -0.05) is 34.6 Å². The quantitative estimate of drug-likeness (QED) is 0.817. The van der Waals surface area contributed by atoms with E-state index in [1.807, 2.05) is 38.9 Å². The Morgan fingerprint density at radius 2 is 1.80 bits per heavy atom. The first-order chi connectivity index (χ1) is 9.34. The molecule has 0 aliphatic carbocycles. The van der Waals surface area contributed by atoms with E-state index < -0.39 is 0 Å². The van der Waals surface area contributed by atoms with Crippen LogP contribution in [0.2, 0.25) is 0 Å². The molecule has 1 rings (SSSR count). The van der Waals surface area contributed by atoms with Gasteiger partial charge in [0.1, 0.15) is 12.1 Å². The van der Waals surface area contributed by atoms with Crippen LogP contribution in [0.15, 0.2) is 0 Å². The maximum absolute atomic E-state index is 12.8. The summed E-state index contributed by atoms with van der Waals surface area (Å²) in [5.74, 6) is 1.21. The Bertz CT molecular complexity index is 358. The molecular weight excluding hydrogens is 272 g/mol. The first-order valence-electron chi connectivity index (χ1n) is 7.46. The average Bonchev–Trinajstić information content (AvgIpc) is 2.37. The highest BCUT2D eigenvalue weighted by Crippen LogP contribution is 2.25. The summed E-state index contributed by atoms with van der Waals surface area (Å²) in [6.07, 6.45) is 2.93. The van der Waals surface area contributed by atoms with Crippen LogP contribution in [0.3, 0.4) is 0 Å². The van der Waals surface area contributed by atoms with Crippen molar-refractivity contribution in [2.45, 2.75) is 59.2 Å². The van der Waals surface area contributed by atoms with E-state index in [1.165, 1.54) is 0 Å². The summed E-state index contributed by atoms with van der Waals surface area (Å²) in [5.41, 5.74) is 0. The molecule has 2 amide bonds. The minimum Gasteiger partial charge on any atom is -0.342 e. The van der Waals surface area contributed by atoms with Crippen molar-refractivity contribution in [1.82, 2.24) is 10.2 Å². The molecule has 0 spiro atoms. The number of hydrogen-bond donors (Lipinski definition) is 1. The maximum atomic E-state index is 12.8. The van der Waals surface area contributed by atoms with Crippen LogP contribution in [0, 0.1) is 11.8 Å². The molecular formula is C15H28N2O2S. The topological polar surface area (TPSA) is 49.4 Å². The lowest BCUT2D eigenvalue weighted by Gasteiger charge is -2.45. The zero-order chi connectivity index (χ0) is 15.4. The lowest BCUT2D eigenvalue weighted by atomic mass is 9.91. The van der Waals surface area contributed by atoms with E-state index in [-0.39, 0.29) is 41.8 Å². The number of nitrogens with zero attached hydrogens (tertiary/aromatic N) is 1. The standard InChI is InChI=1S/C15H28N2O2S/c1-7-11(8-20-6)17-13(10(4)5)14(18)16-12(9(2)3)15(17)19/h9-13H,7-8H2,1-6H3,(H,16,18). The molecule has 0 aromatic heterocycles. The number of amides is 2. The number of hydrogen-bond acceptors (Lipinski definition) is 3. The summed E-state index contributed by atoms with van der Waals surface area (Å²) < 4.78 is 0. The highest BCUT2D eigenvalue weighted by atomic mass is 32.2. The lowest BCUT2D eigenvalue weighted by Crippen LogP contribution is -2.68. The van der Waals surface area contributed by atoms with Gasteiger partial charge >= 0.3 is 0 Å². The van der Waals surface area contributed by atoms with E-state index in [4.69, 9.17) is 0 Å². The SMILES string of the molecule is CCC(CSC)N1C(=O)C(C(C)C)NC(=O)C1C(C)C. The number of carbonyl (C=O) groups excluding carboxylic acids is 2. The molecule has 1 aliphatic heterocycles. The van der Waals surface area contributed by atoms with Gasteiger partial charge < -0.3 is 10.2 Å². The molecule has 20 heavy (non-hydrogen) atoms. The Hall–Kier alpha value is -0.710. The summed E-state index contributed by atoms with van der Waals surface area (Å²) in [6, 6.07) is -0.583. The molecule has 0 saturated carbocycles. The molecule has 0 radical (unpaired) electrons. The molecule has 1 N–H and O–H groups in total. The second-order valence-electron chi connectivity index (χ2n) is 6.18. The molecule has 1 fully saturated rings. The fourth-order valence-corrected chi connectivity index (χ4v) is 3.58. The molecule has 5 heteroatoms. The predicted octanol–water partition coefficient (Wildman–Crippen LogP) is 2.14. The van der Waals surface area contributed by atoms with E-state index in [1.54, 1.807) is 11.8 Å². The lowest BCUT2D eigenvalue weighted by molar-refractivity contribution is -0.155. The summed E-state index contributed by atoms with van der Waals surface area (Å²) >= 11 is 1.73. The Balaban J connectivity index is 3.13. The third kappa shape index (κ3) is 3.48. The number of nitrogens with one attached hydrogen (secondary N) is 1. The fraction of sp³-hybridized carbons (Fsp3) is 0.867. The number of carbonyl (C=O) groups is 2. The van der Waals surface area contributed by atoms with Crippen molar-refractivity contribution in [2.24, 2.45) is 11.8 Å². The Morgan fingerprint density at radius 1 is 1.20 bits per heavy atom. The zero-order valence-corrected chi connectivity index (χ0v) is 14.3. The largest absolute Gasteiger partial charge is 0.342 e. The number of thioether (sulfide) groups is 1. The van der Waals surface area contributed by atoms with Crippen LogP contribution < -0.4 is 5.32 Å². The van der Waals surface area contributed by atoms with Gasteiger partial charge in [0.15, 0.2) is 0 Å². The van der Waals surface area contributed by atoms with Crippen molar-refractivity contribution >= 4 is 23.6 Å². The maximum Gasteiger partial charge on any atom is 0.246 e. The third-order valence-electron chi connectivity index (χ3n) is 3.91. The van der Waals surface area contributed by atoms with Gasteiger partial charge in [-0.05, 0) is 24.5 Å². The molecule has 3 unspecified atom stereocenters. The second kappa shape index (κ2) is 7.34. The van der Waals surface area contributed by atoms with Gasteiger partial charge in [0, 0.05) is 11.8 Å². The van der Waals surface area contributed by atoms with Crippen LogP contribution in [-0.2, 0) is 9.59 Å². The third-order valence-corrected chi connectivity index (χ3v) is 4.63. The van der Waals surface area contributed by atoms with Crippen molar-refractivity contribution < 1.29 is 9.59 Å². The summed E-state index contributed by atoms with van der Waals surface area (Å²) in [6.45, 7) is 10.1. The molecule has 4 nitrogen and oxygen atoms in total. The van der Waals surface area contributed by atoms with Crippen LogP contribution in [0.25, 0.3) is 0 Å². The van der Waals surface area contributed by atoms with Crippen molar-refractivity contribution in [2.75, 3.05) is 12.0 Å². The monoisotopic (exact) mass is 300 g/mol. The van der Waals surface area contributed by atoms with Gasteiger partial charge in [0.2, 0.25) is 11.8 Å². The van der Waals surface area contributed by atoms with Crippen molar-refractivity contribution in [3.8, 4) is 0 Å².